The van der Waals surface area contributed by atoms with Crippen molar-refractivity contribution in [3.05, 3.63) is 77.8 Å². The molecule has 11 nitrogen and oxygen atoms in total. The number of amides is 3. The summed E-state index contributed by atoms with van der Waals surface area (Å²) in [6.45, 7) is 9.22. The average Bonchev–Trinajstić information content (AvgIpc) is 3.02. The number of rotatable bonds is 3. The van der Waals surface area contributed by atoms with Crippen LogP contribution in [-0.2, 0) is 30.3 Å². The molecule has 3 amide bonds. The molecule has 0 radical (unpaired) electrons. The van der Waals surface area contributed by atoms with Gasteiger partial charge in [-0.2, -0.15) is 0 Å². The molecule has 0 bridgehead atoms. The molecular formula is C36H45N5O6. The molecule has 0 saturated heterocycles. The minimum atomic E-state index is -1.07. The average molecular weight is 644 g/mol. The molecule has 0 saturated carbocycles. The van der Waals surface area contributed by atoms with Crippen molar-refractivity contribution in [2.75, 3.05) is 7.05 Å². The minimum absolute atomic E-state index is 0.0360. The quantitative estimate of drug-likeness (QED) is 0.281. The molecule has 1 aliphatic heterocycles. The zero-order valence-corrected chi connectivity index (χ0v) is 27.9. The fourth-order valence-electron chi connectivity index (χ4n) is 6.12. The highest BCUT2D eigenvalue weighted by Gasteiger charge is 2.34. The number of carbonyl (C=O) groups is 4. The lowest BCUT2D eigenvalue weighted by Gasteiger charge is -2.31. The Labute approximate surface area is 275 Å². The number of phenolic OH excluding ortho intramolecular Hbond substituents is 1. The Kier molecular flexibility index (Phi) is 11.7. The molecule has 0 spiro atoms. The van der Waals surface area contributed by atoms with Crippen molar-refractivity contribution in [1.82, 2.24) is 25.5 Å². The SMILES string of the molecule is C/C1=C\[C@H](C)C[C@H](C)OC(=O)C[C@H](c2ccc(O)cc2)NC(=O)[C@@H](Cc2ncnc3ccccc23)N(C)C(=O)[C@H](C)NC(=O)[C@@H](C)C1. The number of nitrogens with one attached hydrogen (secondary N) is 2. The van der Waals surface area contributed by atoms with Crippen LogP contribution >= 0.6 is 0 Å². The summed E-state index contributed by atoms with van der Waals surface area (Å²) < 4.78 is 5.78. The van der Waals surface area contributed by atoms with E-state index in [1.807, 2.05) is 52.0 Å². The van der Waals surface area contributed by atoms with Crippen LogP contribution in [0.15, 0.2) is 66.5 Å². The van der Waals surface area contributed by atoms with Gasteiger partial charge in [-0.3, -0.25) is 19.2 Å². The number of cyclic esters (lactones) is 1. The van der Waals surface area contributed by atoms with Gasteiger partial charge < -0.3 is 25.4 Å². The van der Waals surface area contributed by atoms with E-state index in [-0.39, 0.29) is 30.4 Å². The van der Waals surface area contributed by atoms with Crippen molar-refractivity contribution < 1.29 is 29.0 Å². The summed E-state index contributed by atoms with van der Waals surface area (Å²) in [5.41, 5.74) is 2.85. The summed E-state index contributed by atoms with van der Waals surface area (Å²) in [4.78, 5) is 64.6. The number of fused-ring (bicyclic) bond motifs is 1. The first-order chi connectivity index (χ1) is 22.3. The standard InChI is InChI=1S/C36H45N5O6/c1-21-15-22(2)17-24(4)47-33(43)19-30(26-11-13-27(42)14-12-26)40-35(45)32(18-31-28-9-7-8-10-29(28)37-20-38-31)41(6)36(46)25(5)39-34(44)23(3)16-21/h7-15,20,22-25,30,32,42H,16-19H2,1-6H3,(H,39,44)(H,40,45)/b21-15+/t22-,23-,24-,25-,30+,32+/m0/s1. The Bertz CT molecular complexity index is 1620. The highest BCUT2D eigenvalue weighted by atomic mass is 16.5. The van der Waals surface area contributed by atoms with E-state index in [0.29, 0.717) is 29.6 Å². The topological polar surface area (TPSA) is 151 Å². The van der Waals surface area contributed by atoms with E-state index in [1.54, 1.807) is 19.1 Å². The van der Waals surface area contributed by atoms with Gasteiger partial charge in [0.15, 0.2) is 0 Å². The predicted octanol–water partition coefficient (Wildman–Crippen LogP) is 4.40. The van der Waals surface area contributed by atoms with Gasteiger partial charge in [0.25, 0.3) is 0 Å². The Morgan fingerprint density at radius 3 is 2.34 bits per heavy atom. The number of nitrogens with zero attached hydrogens (tertiary/aromatic N) is 3. The monoisotopic (exact) mass is 643 g/mol. The van der Waals surface area contributed by atoms with Crippen molar-refractivity contribution in [3.8, 4) is 5.75 Å². The largest absolute Gasteiger partial charge is 0.508 e. The maximum absolute atomic E-state index is 14.2. The Morgan fingerprint density at radius 1 is 0.915 bits per heavy atom. The zero-order valence-electron chi connectivity index (χ0n) is 27.9. The van der Waals surface area contributed by atoms with E-state index in [1.165, 1.54) is 30.4 Å². The third-order valence-electron chi connectivity index (χ3n) is 8.52. The van der Waals surface area contributed by atoms with E-state index < -0.39 is 47.9 Å². The van der Waals surface area contributed by atoms with E-state index in [2.05, 4.69) is 26.7 Å². The van der Waals surface area contributed by atoms with E-state index in [0.717, 1.165) is 11.0 Å². The van der Waals surface area contributed by atoms with Crippen molar-refractivity contribution in [3.63, 3.8) is 0 Å². The van der Waals surface area contributed by atoms with Crippen LogP contribution in [0.3, 0.4) is 0 Å². The van der Waals surface area contributed by atoms with Gasteiger partial charge in [-0.1, -0.05) is 55.8 Å². The van der Waals surface area contributed by atoms with Gasteiger partial charge in [0.1, 0.15) is 24.2 Å². The lowest BCUT2D eigenvalue weighted by atomic mass is 9.95. The van der Waals surface area contributed by atoms with Crippen LogP contribution in [0.4, 0.5) is 0 Å². The summed E-state index contributed by atoms with van der Waals surface area (Å²) in [7, 11) is 1.52. The van der Waals surface area contributed by atoms with E-state index >= 15 is 0 Å². The third kappa shape index (κ3) is 9.37. The number of hydrogen-bond donors (Lipinski definition) is 3. The molecule has 2 heterocycles. The summed E-state index contributed by atoms with van der Waals surface area (Å²) in [6.07, 6.45) is 4.04. The van der Waals surface area contributed by atoms with Gasteiger partial charge in [0.05, 0.1) is 29.8 Å². The van der Waals surface area contributed by atoms with Crippen LogP contribution in [0.2, 0.25) is 0 Å². The summed E-state index contributed by atoms with van der Waals surface area (Å²) in [5.74, 6) is -2.03. The maximum atomic E-state index is 14.2. The number of benzene rings is 2. The van der Waals surface area contributed by atoms with Crippen LogP contribution in [0.25, 0.3) is 10.9 Å². The molecule has 3 N–H and O–H groups in total. The normalized spacial score (nSPS) is 27.0. The van der Waals surface area contributed by atoms with Crippen molar-refractivity contribution in [2.24, 2.45) is 11.8 Å². The molecule has 0 unspecified atom stereocenters. The van der Waals surface area contributed by atoms with Crippen molar-refractivity contribution in [2.45, 2.75) is 84.5 Å². The number of ether oxygens (including phenoxy) is 1. The highest BCUT2D eigenvalue weighted by molar-refractivity contribution is 5.93. The number of allylic oxidation sites excluding steroid dienone is 2. The molecule has 47 heavy (non-hydrogen) atoms. The van der Waals surface area contributed by atoms with E-state index in [4.69, 9.17) is 4.74 Å². The van der Waals surface area contributed by atoms with Crippen LogP contribution < -0.4 is 10.6 Å². The van der Waals surface area contributed by atoms with Crippen molar-refractivity contribution >= 4 is 34.6 Å². The summed E-state index contributed by atoms with van der Waals surface area (Å²) in [5, 5.41) is 16.4. The predicted molar refractivity (Wildman–Crippen MR) is 178 cm³/mol. The first-order valence-electron chi connectivity index (χ1n) is 16.0. The molecule has 250 valence electrons. The second kappa shape index (κ2) is 15.7. The fraction of sp³-hybridized carbons (Fsp3) is 0.444. The van der Waals surface area contributed by atoms with Crippen LogP contribution in [0.5, 0.6) is 5.75 Å². The van der Waals surface area contributed by atoms with Gasteiger partial charge in [0, 0.05) is 24.8 Å². The molecule has 2 aromatic carbocycles. The van der Waals surface area contributed by atoms with Gasteiger partial charge in [-0.05, 0) is 63.3 Å². The van der Waals surface area contributed by atoms with Crippen LogP contribution in [0, 0.1) is 11.8 Å². The maximum Gasteiger partial charge on any atom is 0.308 e. The summed E-state index contributed by atoms with van der Waals surface area (Å²) >= 11 is 0. The molecule has 1 aliphatic rings. The smallest absolute Gasteiger partial charge is 0.308 e. The molecule has 1 aromatic heterocycles. The summed E-state index contributed by atoms with van der Waals surface area (Å²) in [6, 6.07) is 10.8. The van der Waals surface area contributed by atoms with Gasteiger partial charge in [-0.25, -0.2) is 9.97 Å². The first kappa shape index (κ1) is 35.1. The molecular weight excluding hydrogens is 598 g/mol. The second-order valence-electron chi connectivity index (χ2n) is 12.7. The number of para-hydroxylation sites is 1. The highest BCUT2D eigenvalue weighted by Crippen LogP contribution is 2.24. The van der Waals surface area contributed by atoms with Crippen LogP contribution in [-0.4, -0.2) is 68.9 Å². The number of esters is 1. The van der Waals surface area contributed by atoms with Crippen molar-refractivity contribution in [1.29, 1.82) is 0 Å². The number of phenols is 1. The fourth-order valence-corrected chi connectivity index (χ4v) is 6.12. The lowest BCUT2D eigenvalue weighted by Crippen LogP contribution is -2.55. The molecule has 11 heteroatoms. The second-order valence-corrected chi connectivity index (χ2v) is 12.7. The Hall–Kier alpha value is -4.80. The van der Waals surface area contributed by atoms with Gasteiger partial charge >= 0.3 is 5.97 Å². The van der Waals surface area contributed by atoms with E-state index in [9.17, 15) is 24.3 Å². The van der Waals surface area contributed by atoms with Crippen LogP contribution in [0.1, 0.15) is 71.2 Å². The number of likely N-dealkylation sites (N-methyl/N-ethyl adjacent to an activating group) is 1. The Balaban J connectivity index is 1.74. The number of aromatic hydroxyl groups is 1. The minimum Gasteiger partial charge on any atom is -0.508 e. The molecule has 6 atom stereocenters. The molecule has 0 fully saturated rings. The third-order valence-corrected chi connectivity index (χ3v) is 8.52. The molecule has 0 aliphatic carbocycles. The number of aromatic nitrogens is 2. The molecule has 3 aromatic rings. The number of carbonyl (C=O) groups excluding carboxylic acids is 4. The van der Waals surface area contributed by atoms with Gasteiger partial charge in [-0.15, -0.1) is 0 Å². The Morgan fingerprint density at radius 2 is 1.62 bits per heavy atom. The number of hydrogen-bond acceptors (Lipinski definition) is 8. The lowest BCUT2D eigenvalue weighted by molar-refractivity contribution is -0.149. The molecule has 4 rings (SSSR count). The van der Waals surface area contributed by atoms with Gasteiger partial charge in [0.2, 0.25) is 17.7 Å². The zero-order chi connectivity index (χ0) is 34.2. The first-order valence-corrected chi connectivity index (χ1v) is 16.0.